The molecule has 3 aromatic heterocycles. The maximum Gasteiger partial charge on any atom is 0.269 e. The number of rotatable bonds is 6. The third kappa shape index (κ3) is 4.31. The van der Waals surface area contributed by atoms with Crippen LogP contribution in [-0.4, -0.2) is 21.8 Å². The van der Waals surface area contributed by atoms with E-state index < -0.39 is 0 Å². The fraction of sp³-hybridized carbons (Fsp3) is 0.250. The van der Waals surface area contributed by atoms with Gasteiger partial charge in [0.05, 0.1) is 17.7 Å². The molecule has 3 aromatic rings. The van der Waals surface area contributed by atoms with Crippen LogP contribution in [0.1, 0.15) is 34.3 Å². The van der Waals surface area contributed by atoms with E-state index in [-0.39, 0.29) is 11.8 Å². The van der Waals surface area contributed by atoms with E-state index in [0.29, 0.717) is 33.8 Å². The van der Waals surface area contributed by atoms with Crippen LogP contribution >= 0.6 is 22.7 Å². The quantitative estimate of drug-likeness (QED) is 0.688. The lowest BCUT2D eigenvalue weighted by atomic mass is 10.3. The molecule has 0 saturated carbocycles. The van der Waals surface area contributed by atoms with Crippen LogP contribution in [0, 0.1) is 0 Å². The summed E-state index contributed by atoms with van der Waals surface area (Å²) in [6, 6.07) is 3.57. The Labute approximate surface area is 152 Å². The number of nitrogens with zero attached hydrogens (tertiary/aromatic N) is 2. The number of nitrogens with one attached hydrogen (secondary N) is 2. The molecule has 0 aliphatic rings. The van der Waals surface area contributed by atoms with Crippen molar-refractivity contribution >= 4 is 39.6 Å². The Morgan fingerprint density at radius 2 is 2.16 bits per heavy atom. The molecule has 3 heterocycles. The lowest BCUT2D eigenvalue weighted by molar-refractivity contribution is -0.119. The molecule has 0 fully saturated rings. The van der Waals surface area contributed by atoms with E-state index in [2.05, 4.69) is 20.6 Å². The van der Waals surface area contributed by atoms with Gasteiger partial charge in [-0.15, -0.1) is 22.7 Å². The number of hydrogen-bond acceptors (Lipinski definition) is 7. The Morgan fingerprint density at radius 1 is 1.32 bits per heavy atom. The first-order valence-corrected chi connectivity index (χ1v) is 9.30. The molecule has 0 aliphatic carbocycles. The minimum absolute atomic E-state index is 0.120. The standard InChI is InChI=1S/C16H16N4O3S2/c1-3-14-18-7-13(25-14)15(22)20-16-19-11(8-24-16)12-5-4-10(23-12)6-17-9(2)21/h4-5,7-8H,3,6H2,1-2H3,(H,17,21)(H,19,20,22). The zero-order valence-corrected chi connectivity index (χ0v) is 15.3. The third-order valence-electron chi connectivity index (χ3n) is 3.23. The molecule has 2 amide bonds. The minimum atomic E-state index is -0.219. The van der Waals surface area contributed by atoms with Gasteiger partial charge in [0, 0.05) is 12.3 Å². The van der Waals surface area contributed by atoms with Gasteiger partial charge in [-0.1, -0.05) is 6.92 Å². The number of carbonyl (C=O) groups is 2. The molecule has 9 heteroatoms. The van der Waals surface area contributed by atoms with Gasteiger partial charge in [0.1, 0.15) is 16.3 Å². The van der Waals surface area contributed by atoms with Crippen LogP contribution in [0.3, 0.4) is 0 Å². The Morgan fingerprint density at radius 3 is 2.88 bits per heavy atom. The van der Waals surface area contributed by atoms with Crippen molar-refractivity contribution in [3.63, 3.8) is 0 Å². The third-order valence-corrected chi connectivity index (χ3v) is 5.13. The molecule has 0 aliphatic heterocycles. The molecular formula is C16H16N4O3S2. The number of carbonyl (C=O) groups excluding carboxylic acids is 2. The number of anilines is 1. The number of thiazole rings is 2. The maximum atomic E-state index is 12.2. The highest BCUT2D eigenvalue weighted by Gasteiger charge is 2.14. The Kier molecular flexibility index (Phi) is 5.25. The molecule has 0 spiro atoms. The summed E-state index contributed by atoms with van der Waals surface area (Å²) < 4.78 is 5.65. The zero-order valence-electron chi connectivity index (χ0n) is 13.7. The topological polar surface area (TPSA) is 97.1 Å². The molecule has 3 rings (SSSR count). The maximum absolute atomic E-state index is 12.2. The summed E-state index contributed by atoms with van der Waals surface area (Å²) >= 11 is 2.69. The van der Waals surface area contributed by atoms with E-state index in [9.17, 15) is 9.59 Å². The SMILES string of the molecule is CCc1ncc(C(=O)Nc2nc(-c3ccc(CNC(C)=O)o3)cs2)s1. The van der Waals surface area contributed by atoms with Crippen LogP contribution in [0.5, 0.6) is 0 Å². The second-order valence-electron chi connectivity index (χ2n) is 5.14. The van der Waals surface area contributed by atoms with E-state index in [1.165, 1.54) is 29.6 Å². The first-order chi connectivity index (χ1) is 12.0. The van der Waals surface area contributed by atoms with Crippen molar-refractivity contribution in [2.75, 3.05) is 5.32 Å². The fourth-order valence-corrected chi connectivity index (χ4v) is 3.45. The van der Waals surface area contributed by atoms with Crippen molar-refractivity contribution in [1.82, 2.24) is 15.3 Å². The number of hydrogen-bond donors (Lipinski definition) is 2. The summed E-state index contributed by atoms with van der Waals surface area (Å²) in [7, 11) is 0. The molecule has 0 radical (unpaired) electrons. The van der Waals surface area contributed by atoms with E-state index >= 15 is 0 Å². The number of aryl methyl sites for hydroxylation is 1. The second-order valence-corrected chi connectivity index (χ2v) is 7.11. The van der Waals surface area contributed by atoms with Crippen molar-refractivity contribution in [2.24, 2.45) is 0 Å². The largest absolute Gasteiger partial charge is 0.458 e. The molecule has 0 aromatic carbocycles. The summed E-state index contributed by atoms with van der Waals surface area (Å²) in [5.41, 5.74) is 0.632. The van der Waals surface area contributed by atoms with Crippen LogP contribution < -0.4 is 10.6 Å². The molecule has 0 atom stereocenters. The first kappa shape index (κ1) is 17.3. The van der Waals surface area contributed by atoms with Crippen LogP contribution in [0.4, 0.5) is 5.13 Å². The average molecular weight is 376 g/mol. The lowest BCUT2D eigenvalue weighted by Gasteiger charge is -1.98. The van der Waals surface area contributed by atoms with Gasteiger partial charge in [0.15, 0.2) is 10.9 Å². The van der Waals surface area contributed by atoms with E-state index in [0.717, 1.165) is 11.4 Å². The average Bonchev–Trinajstić information content (AvgIpc) is 3.32. The van der Waals surface area contributed by atoms with Gasteiger partial charge in [-0.05, 0) is 18.6 Å². The highest BCUT2D eigenvalue weighted by molar-refractivity contribution is 7.15. The number of aromatic nitrogens is 2. The van der Waals surface area contributed by atoms with Crippen molar-refractivity contribution in [2.45, 2.75) is 26.8 Å². The van der Waals surface area contributed by atoms with Crippen LogP contribution in [0.15, 0.2) is 28.1 Å². The van der Waals surface area contributed by atoms with Crippen LogP contribution in [0.2, 0.25) is 0 Å². The van der Waals surface area contributed by atoms with Gasteiger partial charge in [-0.25, -0.2) is 9.97 Å². The van der Waals surface area contributed by atoms with Crippen molar-refractivity contribution in [3.8, 4) is 11.5 Å². The summed E-state index contributed by atoms with van der Waals surface area (Å²) in [5, 5.41) is 8.67. The highest BCUT2D eigenvalue weighted by atomic mass is 32.1. The van der Waals surface area contributed by atoms with Crippen LogP contribution in [0.25, 0.3) is 11.5 Å². The highest BCUT2D eigenvalue weighted by Crippen LogP contribution is 2.27. The first-order valence-electron chi connectivity index (χ1n) is 7.60. The Balaban J connectivity index is 1.66. The van der Waals surface area contributed by atoms with Crippen LogP contribution in [-0.2, 0) is 17.8 Å². The van der Waals surface area contributed by atoms with Crippen molar-refractivity contribution in [1.29, 1.82) is 0 Å². The zero-order chi connectivity index (χ0) is 17.8. The van der Waals surface area contributed by atoms with Crippen molar-refractivity contribution < 1.29 is 14.0 Å². The monoisotopic (exact) mass is 376 g/mol. The predicted molar refractivity (Wildman–Crippen MR) is 96.8 cm³/mol. The minimum Gasteiger partial charge on any atom is -0.458 e. The fourth-order valence-electron chi connectivity index (χ4n) is 2.00. The van der Waals surface area contributed by atoms with E-state index in [1.807, 2.05) is 6.92 Å². The molecule has 25 heavy (non-hydrogen) atoms. The van der Waals surface area contributed by atoms with Gasteiger partial charge in [-0.3, -0.25) is 14.9 Å². The summed E-state index contributed by atoms with van der Waals surface area (Å²) in [6.45, 7) is 3.77. The molecule has 0 unspecified atom stereocenters. The van der Waals surface area contributed by atoms with Gasteiger partial charge < -0.3 is 9.73 Å². The molecule has 130 valence electrons. The van der Waals surface area contributed by atoms with E-state index in [4.69, 9.17) is 4.42 Å². The lowest BCUT2D eigenvalue weighted by Crippen LogP contribution is -2.18. The normalized spacial score (nSPS) is 10.6. The van der Waals surface area contributed by atoms with E-state index in [1.54, 1.807) is 23.7 Å². The summed E-state index contributed by atoms with van der Waals surface area (Å²) in [6.07, 6.45) is 2.38. The van der Waals surface area contributed by atoms with Gasteiger partial charge in [0.2, 0.25) is 5.91 Å². The smallest absolute Gasteiger partial charge is 0.269 e. The second kappa shape index (κ2) is 7.58. The Bertz CT molecular complexity index is 897. The summed E-state index contributed by atoms with van der Waals surface area (Å²) in [4.78, 5) is 32.2. The Hall–Kier alpha value is -2.52. The van der Waals surface area contributed by atoms with Gasteiger partial charge in [0.25, 0.3) is 5.91 Å². The number of amides is 2. The number of furan rings is 1. The van der Waals surface area contributed by atoms with Gasteiger partial charge in [-0.2, -0.15) is 0 Å². The van der Waals surface area contributed by atoms with Crippen molar-refractivity contribution in [3.05, 3.63) is 39.4 Å². The molecule has 0 bridgehead atoms. The molecule has 0 saturated heterocycles. The predicted octanol–water partition coefficient (Wildman–Crippen LogP) is 3.31. The molecular weight excluding hydrogens is 360 g/mol. The molecule has 7 nitrogen and oxygen atoms in total. The molecule has 2 N–H and O–H groups in total. The van der Waals surface area contributed by atoms with Gasteiger partial charge >= 0.3 is 0 Å². The summed E-state index contributed by atoms with van der Waals surface area (Å²) in [5.74, 6) is 0.887.